The summed E-state index contributed by atoms with van der Waals surface area (Å²) in [4.78, 5) is 46.9. The summed E-state index contributed by atoms with van der Waals surface area (Å²) in [6, 6.07) is 2.04. The van der Waals surface area contributed by atoms with Crippen molar-refractivity contribution in [2.24, 2.45) is 0 Å². The van der Waals surface area contributed by atoms with Crippen LogP contribution in [0.3, 0.4) is 0 Å². The van der Waals surface area contributed by atoms with Crippen LogP contribution in [-0.4, -0.2) is 62.3 Å². The van der Waals surface area contributed by atoms with Crippen LogP contribution in [0.15, 0.2) is 18.2 Å². The van der Waals surface area contributed by atoms with E-state index in [2.05, 4.69) is 10.6 Å². The Hall–Kier alpha value is -3.21. The Balaban J connectivity index is 3.04. The molecule has 2 N–H and O–H groups in total. The normalized spacial score (nSPS) is 10.3. The number of amides is 1. The summed E-state index contributed by atoms with van der Waals surface area (Å²) in [6.07, 6.45) is 0. The standard InChI is InChI=1S/C17H23N3O8/c1-4-27-16(22)14(17(23)28-5-2)19-15(21)11-6-7-12(18-8-9-26-3)13(10-11)20(24)25/h6-7,10,14,18H,4-5,8-9H2,1-3H3,(H,19,21). The molecule has 0 saturated heterocycles. The Kier molecular flexibility index (Phi) is 9.37. The number of rotatable bonds is 11. The average molecular weight is 397 g/mol. The summed E-state index contributed by atoms with van der Waals surface area (Å²) >= 11 is 0. The number of nitro benzene ring substituents is 1. The zero-order valence-corrected chi connectivity index (χ0v) is 15.9. The lowest BCUT2D eigenvalue weighted by molar-refractivity contribution is -0.384. The number of carbonyl (C=O) groups is 3. The third-order valence-corrected chi connectivity index (χ3v) is 3.40. The van der Waals surface area contributed by atoms with E-state index in [1.54, 1.807) is 13.8 Å². The predicted molar refractivity (Wildman–Crippen MR) is 98.0 cm³/mol. The zero-order chi connectivity index (χ0) is 21.1. The van der Waals surface area contributed by atoms with E-state index >= 15 is 0 Å². The highest BCUT2D eigenvalue weighted by Crippen LogP contribution is 2.25. The summed E-state index contributed by atoms with van der Waals surface area (Å²) in [7, 11) is 1.49. The fourth-order valence-corrected chi connectivity index (χ4v) is 2.14. The number of esters is 2. The van der Waals surface area contributed by atoms with Gasteiger partial charge in [0.2, 0.25) is 6.04 Å². The van der Waals surface area contributed by atoms with Gasteiger partial charge in [0.1, 0.15) is 5.69 Å². The Morgan fingerprint density at radius 3 is 2.25 bits per heavy atom. The number of benzene rings is 1. The molecule has 0 aliphatic heterocycles. The van der Waals surface area contributed by atoms with Crippen molar-refractivity contribution in [3.8, 4) is 0 Å². The Labute approximate surface area is 161 Å². The lowest BCUT2D eigenvalue weighted by atomic mass is 10.1. The van der Waals surface area contributed by atoms with E-state index in [0.717, 1.165) is 6.07 Å². The molecule has 0 aliphatic carbocycles. The van der Waals surface area contributed by atoms with Gasteiger partial charge in [-0.25, -0.2) is 9.59 Å². The van der Waals surface area contributed by atoms with Gasteiger partial charge >= 0.3 is 11.9 Å². The van der Waals surface area contributed by atoms with Gasteiger partial charge in [0.15, 0.2) is 0 Å². The second-order valence-corrected chi connectivity index (χ2v) is 5.32. The van der Waals surface area contributed by atoms with E-state index < -0.39 is 28.8 Å². The van der Waals surface area contributed by atoms with E-state index in [-0.39, 0.29) is 30.2 Å². The zero-order valence-electron chi connectivity index (χ0n) is 15.9. The maximum atomic E-state index is 12.4. The summed E-state index contributed by atoms with van der Waals surface area (Å²) < 4.78 is 14.4. The first-order valence-electron chi connectivity index (χ1n) is 8.51. The predicted octanol–water partition coefficient (Wildman–Crippen LogP) is 0.878. The summed E-state index contributed by atoms with van der Waals surface area (Å²) in [6.45, 7) is 3.74. The van der Waals surface area contributed by atoms with Gasteiger partial charge in [-0.1, -0.05) is 0 Å². The van der Waals surface area contributed by atoms with Crippen LogP contribution in [0, 0.1) is 10.1 Å². The molecule has 11 nitrogen and oxygen atoms in total. The molecular weight excluding hydrogens is 374 g/mol. The number of ether oxygens (including phenoxy) is 3. The molecule has 0 aromatic heterocycles. The molecule has 0 saturated carbocycles. The molecule has 154 valence electrons. The molecule has 0 fully saturated rings. The van der Waals surface area contributed by atoms with Crippen LogP contribution in [0.1, 0.15) is 24.2 Å². The van der Waals surface area contributed by atoms with Crippen molar-refractivity contribution < 1.29 is 33.5 Å². The van der Waals surface area contributed by atoms with Gasteiger partial charge in [0.25, 0.3) is 11.6 Å². The van der Waals surface area contributed by atoms with Gasteiger partial charge in [-0.15, -0.1) is 0 Å². The van der Waals surface area contributed by atoms with Crippen LogP contribution in [0.2, 0.25) is 0 Å². The Bertz CT molecular complexity index is 704. The van der Waals surface area contributed by atoms with Crippen LogP contribution >= 0.6 is 0 Å². The van der Waals surface area contributed by atoms with Crippen molar-refractivity contribution in [2.45, 2.75) is 19.9 Å². The Morgan fingerprint density at radius 1 is 1.14 bits per heavy atom. The summed E-state index contributed by atoms with van der Waals surface area (Å²) in [5, 5.41) is 16.3. The van der Waals surface area contributed by atoms with Gasteiger partial charge in [-0.3, -0.25) is 14.9 Å². The fourth-order valence-electron chi connectivity index (χ4n) is 2.14. The third kappa shape index (κ3) is 6.50. The van der Waals surface area contributed by atoms with Gasteiger partial charge in [0.05, 0.1) is 24.7 Å². The molecule has 0 aliphatic rings. The SMILES string of the molecule is CCOC(=O)C(NC(=O)c1ccc(NCCOC)c([N+](=O)[O-])c1)C(=O)OCC. The van der Waals surface area contributed by atoms with Crippen molar-refractivity contribution in [1.29, 1.82) is 0 Å². The minimum Gasteiger partial charge on any atom is -0.464 e. The van der Waals surface area contributed by atoms with Crippen molar-refractivity contribution in [2.75, 3.05) is 38.8 Å². The second kappa shape index (κ2) is 11.5. The minimum atomic E-state index is -1.68. The molecule has 1 aromatic carbocycles. The third-order valence-electron chi connectivity index (χ3n) is 3.40. The minimum absolute atomic E-state index is 0.00206. The number of anilines is 1. The molecule has 0 spiro atoms. The van der Waals surface area contributed by atoms with E-state index in [9.17, 15) is 24.5 Å². The van der Waals surface area contributed by atoms with Crippen LogP contribution < -0.4 is 10.6 Å². The number of hydrogen-bond acceptors (Lipinski definition) is 9. The highest BCUT2D eigenvalue weighted by Gasteiger charge is 2.32. The van der Waals surface area contributed by atoms with Crippen molar-refractivity contribution >= 4 is 29.2 Å². The molecule has 0 unspecified atom stereocenters. The summed E-state index contributed by atoms with van der Waals surface area (Å²) in [5.41, 5.74) is -0.249. The van der Waals surface area contributed by atoms with E-state index in [0.29, 0.717) is 13.2 Å². The lowest BCUT2D eigenvalue weighted by Gasteiger charge is -2.16. The van der Waals surface area contributed by atoms with Crippen LogP contribution in [0.4, 0.5) is 11.4 Å². The highest BCUT2D eigenvalue weighted by molar-refractivity contribution is 6.06. The number of carbonyl (C=O) groups excluding carboxylic acids is 3. The molecule has 0 atom stereocenters. The molecule has 1 aromatic rings. The van der Waals surface area contributed by atoms with Crippen molar-refractivity contribution in [3.63, 3.8) is 0 Å². The Morgan fingerprint density at radius 2 is 1.75 bits per heavy atom. The molecule has 1 rings (SSSR count). The van der Waals surface area contributed by atoms with Crippen molar-refractivity contribution in [1.82, 2.24) is 5.32 Å². The van der Waals surface area contributed by atoms with Crippen LogP contribution in [0.25, 0.3) is 0 Å². The molecular formula is C17H23N3O8. The number of hydrogen-bond donors (Lipinski definition) is 2. The van der Waals surface area contributed by atoms with Gasteiger partial charge in [-0.2, -0.15) is 0 Å². The van der Waals surface area contributed by atoms with Crippen LogP contribution in [-0.2, 0) is 23.8 Å². The lowest BCUT2D eigenvalue weighted by Crippen LogP contribution is -2.48. The highest BCUT2D eigenvalue weighted by atomic mass is 16.6. The van der Waals surface area contributed by atoms with Crippen molar-refractivity contribution in [3.05, 3.63) is 33.9 Å². The van der Waals surface area contributed by atoms with E-state index in [1.165, 1.54) is 19.2 Å². The first-order valence-corrected chi connectivity index (χ1v) is 8.51. The van der Waals surface area contributed by atoms with Gasteiger partial charge < -0.3 is 24.8 Å². The molecule has 11 heteroatoms. The number of nitro groups is 1. The molecule has 28 heavy (non-hydrogen) atoms. The number of nitrogens with zero attached hydrogens (tertiary/aromatic N) is 1. The van der Waals surface area contributed by atoms with E-state index in [4.69, 9.17) is 14.2 Å². The average Bonchev–Trinajstić information content (AvgIpc) is 2.66. The number of nitrogens with one attached hydrogen (secondary N) is 2. The first-order chi connectivity index (χ1) is 13.3. The number of methoxy groups -OCH3 is 1. The van der Waals surface area contributed by atoms with E-state index in [1.807, 2.05) is 0 Å². The first kappa shape index (κ1) is 22.8. The maximum absolute atomic E-state index is 12.4. The monoisotopic (exact) mass is 397 g/mol. The van der Waals surface area contributed by atoms with Crippen LogP contribution in [0.5, 0.6) is 0 Å². The maximum Gasteiger partial charge on any atom is 0.340 e. The quantitative estimate of drug-likeness (QED) is 0.183. The fraction of sp³-hybridized carbons (Fsp3) is 0.471. The summed E-state index contributed by atoms with van der Waals surface area (Å²) in [5.74, 6) is -2.83. The molecule has 0 radical (unpaired) electrons. The second-order valence-electron chi connectivity index (χ2n) is 5.32. The topological polar surface area (TPSA) is 146 Å². The largest absolute Gasteiger partial charge is 0.464 e. The molecule has 0 heterocycles. The molecule has 1 amide bonds. The molecule has 0 bridgehead atoms. The van der Waals surface area contributed by atoms with Gasteiger partial charge in [0, 0.05) is 25.3 Å². The smallest absolute Gasteiger partial charge is 0.340 e. The van der Waals surface area contributed by atoms with Gasteiger partial charge in [-0.05, 0) is 26.0 Å².